The van der Waals surface area contributed by atoms with Crippen LogP contribution >= 0.6 is 56.8 Å². The van der Waals surface area contributed by atoms with Crippen molar-refractivity contribution in [3.05, 3.63) is 24.3 Å². The van der Waals surface area contributed by atoms with Gasteiger partial charge in [-0.05, 0) is 63.7 Å². The average Bonchev–Trinajstić information content (AvgIpc) is 2.28. The second-order valence-electron chi connectivity index (χ2n) is 3.04. The molecule has 0 aliphatic heterocycles. The van der Waals surface area contributed by atoms with E-state index in [4.69, 9.17) is 22.6 Å². The molecule has 3 nitrogen and oxygen atoms in total. The molecule has 0 amide bonds. The summed E-state index contributed by atoms with van der Waals surface area (Å²) in [5, 5.41) is 8.95. The van der Waals surface area contributed by atoms with Crippen LogP contribution in [0, 0.1) is 25.4 Å². The number of nitrogens with zero attached hydrogens (tertiary/aromatic N) is 2. The van der Waals surface area contributed by atoms with E-state index in [0.29, 0.717) is 11.4 Å². The van der Waals surface area contributed by atoms with Crippen molar-refractivity contribution in [2.24, 2.45) is 10.7 Å². The van der Waals surface area contributed by atoms with Gasteiger partial charge in [0, 0.05) is 7.14 Å². The lowest BCUT2D eigenvalue weighted by Crippen LogP contribution is -2.12. The number of benzene rings is 1. The number of amidine groups is 1. The molecule has 1 aromatic carbocycles. The Hall–Kier alpha value is -0.0700. The van der Waals surface area contributed by atoms with E-state index in [2.05, 4.69) is 56.2 Å². The van der Waals surface area contributed by atoms with Crippen LogP contribution in [0.3, 0.4) is 0 Å². The molecule has 0 aliphatic carbocycles. The van der Waals surface area contributed by atoms with Gasteiger partial charge in [0.1, 0.15) is 5.84 Å². The standard InChI is InChI=1S/C10H8ClI2N3/c1-5-6(4-14)2-7(12)10(9(5)13)16-8(15)3-11/h2H,3H2,1H3,(H2,15,16). The monoisotopic (exact) mass is 459 g/mol. The number of halogens is 3. The van der Waals surface area contributed by atoms with E-state index in [1.54, 1.807) is 6.07 Å². The summed E-state index contributed by atoms with van der Waals surface area (Å²) in [4.78, 5) is 4.25. The van der Waals surface area contributed by atoms with Crippen molar-refractivity contribution in [1.29, 1.82) is 5.26 Å². The molecular weight excluding hydrogens is 451 g/mol. The number of hydrogen-bond acceptors (Lipinski definition) is 2. The molecule has 0 radical (unpaired) electrons. The van der Waals surface area contributed by atoms with E-state index in [-0.39, 0.29) is 5.88 Å². The van der Waals surface area contributed by atoms with E-state index in [9.17, 15) is 0 Å². The predicted octanol–water partition coefficient (Wildman–Crippen LogP) is 3.30. The van der Waals surface area contributed by atoms with Crippen LogP contribution in [0.15, 0.2) is 11.1 Å². The van der Waals surface area contributed by atoms with Crippen molar-refractivity contribution in [3.8, 4) is 6.07 Å². The molecule has 0 aromatic heterocycles. The molecule has 16 heavy (non-hydrogen) atoms. The van der Waals surface area contributed by atoms with Gasteiger partial charge in [-0.2, -0.15) is 5.26 Å². The normalized spacial score (nSPS) is 11.3. The van der Waals surface area contributed by atoms with Crippen molar-refractivity contribution in [2.75, 3.05) is 5.88 Å². The Labute approximate surface area is 126 Å². The Morgan fingerprint density at radius 1 is 1.62 bits per heavy atom. The quantitative estimate of drug-likeness (QED) is 0.319. The van der Waals surface area contributed by atoms with Gasteiger partial charge in [-0.1, -0.05) is 0 Å². The van der Waals surface area contributed by atoms with Crippen LogP contribution in [0.1, 0.15) is 11.1 Å². The third kappa shape index (κ3) is 2.99. The topological polar surface area (TPSA) is 62.2 Å². The highest BCUT2D eigenvalue weighted by Gasteiger charge is 2.11. The molecule has 0 saturated heterocycles. The smallest absolute Gasteiger partial charge is 0.115 e. The third-order valence-electron chi connectivity index (χ3n) is 1.95. The summed E-state index contributed by atoms with van der Waals surface area (Å²) in [6.45, 7) is 1.90. The number of rotatable bonds is 2. The summed E-state index contributed by atoms with van der Waals surface area (Å²) >= 11 is 9.90. The Bertz CT molecular complexity index is 492. The first-order valence-electron chi connectivity index (χ1n) is 4.29. The first kappa shape index (κ1) is 14.0. The minimum absolute atomic E-state index is 0.200. The molecule has 0 unspecified atom stereocenters. The SMILES string of the molecule is Cc1c(C#N)cc(I)c(N=C(N)CCl)c1I. The third-order valence-corrected chi connectivity index (χ3v) is 4.37. The van der Waals surface area contributed by atoms with E-state index in [0.717, 1.165) is 18.4 Å². The van der Waals surface area contributed by atoms with Gasteiger partial charge in [0.25, 0.3) is 0 Å². The van der Waals surface area contributed by atoms with Crippen molar-refractivity contribution in [3.63, 3.8) is 0 Å². The van der Waals surface area contributed by atoms with Crippen LogP contribution in [0.2, 0.25) is 0 Å². The fourth-order valence-electron chi connectivity index (χ4n) is 1.10. The molecular formula is C10H8ClI2N3. The summed E-state index contributed by atoms with van der Waals surface area (Å²) in [6.07, 6.45) is 0. The van der Waals surface area contributed by atoms with Crippen LogP contribution in [0.5, 0.6) is 0 Å². The summed E-state index contributed by atoms with van der Waals surface area (Å²) in [5.41, 5.74) is 7.98. The van der Waals surface area contributed by atoms with Crippen molar-refractivity contribution < 1.29 is 0 Å². The Morgan fingerprint density at radius 3 is 2.75 bits per heavy atom. The van der Waals surface area contributed by atoms with Crippen molar-refractivity contribution in [2.45, 2.75) is 6.92 Å². The van der Waals surface area contributed by atoms with E-state index < -0.39 is 0 Å². The molecule has 0 atom stereocenters. The zero-order valence-corrected chi connectivity index (χ0v) is 13.5. The van der Waals surface area contributed by atoms with Gasteiger partial charge in [-0.25, -0.2) is 4.99 Å². The highest BCUT2D eigenvalue weighted by atomic mass is 127. The fraction of sp³-hybridized carbons (Fsp3) is 0.200. The lowest BCUT2D eigenvalue weighted by Gasteiger charge is -2.08. The first-order valence-corrected chi connectivity index (χ1v) is 6.98. The number of aliphatic imine (C=N–C) groups is 1. The zero-order valence-electron chi connectivity index (χ0n) is 8.39. The lowest BCUT2D eigenvalue weighted by molar-refractivity contribution is 1.31. The number of nitriles is 1. The average molecular weight is 459 g/mol. The van der Waals surface area contributed by atoms with Crippen LogP contribution < -0.4 is 5.73 Å². The highest BCUT2D eigenvalue weighted by molar-refractivity contribution is 14.1. The minimum atomic E-state index is 0.200. The predicted molar refractivity (Wildman–Crippen MR) is 83.3 cm³/mol. The van der Waals surface area contributed by atoms with Gasteiger partial charge in [0.2, 0.25) is 0 Å². The van der Waals surface area contributed by atoms with Gasteiger partial charge in [-0.15, -0.1) is 11.6 Å². The van der Waals surface area contributed by atoms with Gasteiger partial charge in [-0.3, -0.25) is 0 Å². The van der Waals surface area contributed by atoms with Gasteiger partial charge >= 0.3 is 0 Å². The minimum Gasteiger partial charge on any atom is -0.386 e. The Balaban J connectivity index is 3.44. The lowest BCUT2D eigenvalue weighted by atomic mass is 10.1. The molecule has 0 fully saturated rings. The van der Waals surface area contributed by atoms with E-state index >= 15 is 0 Å². The highest BCUT2D eigenvalue weighted by Crippen LogP contribution is 2.32. The molecule has 0 bridgehead atoms. The van der Waals surface area contributed by atoms with Gasteiger partial charge < -0.3 is 5.73 Å². The second-order valence-corrected chi connectivity index (χ2v) is 5.55. The summed E-state index contributed by atoms with van der Waals surface area (Å²) in [6, 6.07) is 3.96. The molecule has 0 aliphatic rings. The molecule has 0 heterocycles. The number of alkyl halides is 1. The summed E-state index contributed by atoms with van der Waals surface area (Å²) < 4.78 is 1.84. The van der Waals surface area contributed by atoms with E-state index in [1.165, 1.54) is 0 Å². The molecule has 2 N–H and O–H groups in total. The second kappa shape index (κ2) is 6.02. The van der Waals surface area contributed by atoms with Gasteiger partial charge in [0.05, 0.1) is 23.2 Å². The molecule has 1 rings (SSSR count). The maximum atomic E-state index is 8.95. The van der Waals surface area contributed by atoms with Gasteiger partial charge in [0.15, 0.2) is 0 Å². The summed E-state index contributed by atoms with van der Waals surface area (Å²) in [7, 11) is 0. The molecule has 0 saturated carbocycles. The summed E-state index contributed by atoms with van der Waals surface area (Å²) in [5.74, 6) is 0.576. The van der Waals surface area contributed by atoms with Crippen LogP contribution in [0.4, 0.5) is 5.69 Å². The van der Waals surface area contributed by atoms with Crippen molar-refractivity contribution in [1.82, 2.24) is 0 Å². The zero-order chi connectivity index (χ0) is 12.3. The largest absolute Gasteiger partial charge is 0.386 e. The number of hydrogen-bond donors (Lipinski definition) is 1. The van der Waals surface area contributed by atoms with Crippen LogP contribution in [-0.2, 0) is 0 Å². The fourth-order valence-corrected chi connectivity index (χ4v) is 3.08. The molecule has 1 aromatic rings. The molecule has 84 valence electrons. The first-order chi connectivity index (χ1) is 7.51. The van der Waals surface area contributed by atoms with Crippen molar-refractivity contribution >= 4 is 68.3 Å². The molecule has 6 heteroatoms. The van der Waals surface area contributed by atoms with Crippen LogP contribution in [0.25, 0.3) is 0 Å². The maximum Gasteiger partial charge on any atom is 0.115 e. The Kier molecular flexibility index (Phi) is 5.27. The van der Waals surface area contributed by atoms with Crippen LogP contribution in [-0.4, -0.2) is 11.7 Å². The van der Waals surface area contributed by atoms with E-state index in [1.807, 2.05) is 6.92 Å². The molecule has 0 spiro atoms. The number of nitrogens with two attached hydrogens (primary N) is 1. The maximum absolute atomic E-state index is 8.95. The Morgan fingerprint density at radius 2 is 2.25 bits per heavy atom.